The van der Waals surface area contributed by atoms with Gasteiger partial charge in [0.1, 0.15) is 5.82 Å². The average molecular weight is 280 g/mol. The number of rotatable bonds is 2. The maximum absolute atomic E-state index is 6.04. The molecule has 0 saturated carbocycles. The number of hydrogen-bond donors (Lipinski definition) is 0. The first kappa shape index (κ1) is 13.2. The number of likely N-dealkylation sites (tertiary alicyclic amines) is 1. The Kier molecular flexibility index (Phi) is 3.94. The van der Waals surface area contributed by atoms with Gasteiger partial charge in [-0.25, -0.2) is 4.98 Å². The molecular formula is C15H22ClN3. The normalized spacial score (nSPS) is 28.2. The molecule has 0 aromatic carbocycles. The second-order valence-corrected chi connectivity index (χ2v) is 6.07. The molecule has 2 unspecified atom stereocenters. The van der Waals surface area contributed by atoms with E-state index in [4.69, 9.17) is 11.6 Å². The number of anilines is 1. The Balaban J connectivity index is 1.77. The van der Waals surface area contributed by atoms with Crippen LogP contribution in [-0.4, -0.2) is 42.6 Å². The van der Waals surface area contributed by atoms with Crippen molar-refractivity contribution in [1.82, 2.24) is 9.88 Å². The molecule has 0 radical (unpaired) electrons. The fourth-order valence-electron chi connectivity index (χ4n) is 3.66. The Morgan fingerprint density at radius 1 is 1.37 bits per heavy atom. The zero-order valence-electron chi connectivity index (χ0n) is 11.6. The molecule has 2 aliphatic heterocycles. The van der Waals surface area contributed by atoms with Gasteiger partial charge in [0.05, 0.1) is 5.88 Å². The maximum Gasteiger partial charge on any atom is 0.132 e. The van der Waals surface area contributed by atoms with E-state index in [1.54, 1.807) is 0 Å². The van der Waals surface area contributed by atoms with Crippen molar-refractivity contribution in [1.29, 1.82) is 0 Å². The molecular weight excluding hydrogens is 258 g/mol. The first-order chi connectivity index (χ1) is 9.29. The summed E-state index contributed by atoms with van der Waals surface area (Å²) in [7, 11) is 2.28. The Hall–Kier alpha value is -0.800. The van der Waals surface area contributed by atoms with Gasteiger partial charge in [0.25, 0.3) is 0 Å². The van der Waals surface area contributed by atoms with Crippen LogP contribution in [0.3, 0.4) is 0 Å². The highest BCUT2D eigenvalue weighted by Gasteiger charge is 2.34. The number of pyridine rings is 1. The standard InChI is InChI=1S/C15H22ClN3/c1-18-8-3-5-13-11-19(9-6-14(13)18)15-12(10-16)4-2-7-17-15/h2,4,7,13-14H,3,5-6,8-11H2,1H3. The molecule has 1 aromatic heterocycles. The molecule has 3 nitrogen and oxygen atoms in total. The smallest absolute Gasteiger partial charge is 0.132 e. The Labute approximate surface area is 120 Å². The van der Waals surface area contributed by atoms with Crippen LogP contribution in [0.5, 0.6) is 0 Å². The lowest BCUT2D eigenvalue weighted by Gasteiger charge is -2.46. The highest BCUT2D eigenvalue weighted by molar-refractivity contribution is 6.17. The summed E-state index contributed by atoms with van der Waals surface area (Å²) in [4.78, 5) is 9.55. The molecule has 4 heteroatoms. The SMILES string of the molecule is CN1CCCC2CN(c3ncccc3CCl)CCC21. The van der Waals surface area contributed by atoms with Gasteiger partial charge < -0.3 is 9.80 Å². The largest absolute Gasteiger partial charge is 0.356 e. The van der Waals surface area contributed by atoms with Gasteiger partial charge in [0, 0.05) is 30.9 Å². The summed E-state index contributed by atoms with van der Waals surface area (Å²) < 4.78 is 0. The molecule has 0 amide bonds. The fraction of sp³-hybridized carbons (Fsp3) is 0.667. The van der Waals surface area contributed by atoms with E-state index in [0.29, 0.717) is 5.88 Å². The lowest BCUT2D eigenvalue weighted by Crippen LogP contribution is -2.53. The lowest BCUT2D eigenvalue weighted by molar-refractivity contribution is 0.102. The van der Waals surface area contributed by atoms with Crippen molar-refractivity contribution in [2.24, 2.45) is 5.92 Å². The van der Waals surface area contributed by atoms with Gasteiger partial charge in [0.2, 0.25) is 0 Å². The second kappa shape index (κ2) is 5.68. The second-order valence-electron chi connectivity index (χ2n) is 5.80. The van der Waals surface area contributed by atoms with E-state index >= 15 is 0 Å². The summed E-state index contributed by atoms with van der Waals surface area (Å²) in [6.45, 7) is 3.50. The predicted octanol–water partition coefficient (Wildman–Crippen LogP) is 2.74. The summed E-state index contributed by atoms with van der Waals surface area (Å²) in [6, 6.07) is 4.84. The van der Waals surface area contributed by atoms with Gasteiger partial charge in [-0.1, -0.05) is 6.07 Å². The van der Waals surface area contributed by atoms with Gasteiger partial charge in [-0.05, 0) is 44.8 Å². The van der Waals surface area contributed by atoms with Crippen LogP contribution in [0.15, 0.2) is 18.3 Å². The molecule has 0 aliphatic carbocycles. The van der Waals surface area contributed by atoms with E-state index in [9.17, 15) is 0 Å². The molecule has 1 aromatic rings. The van der Waals surface area contributed by atoms with Crippen LogP contribution >= 0.6 is 11.6 Å². The van der Waals surface area contributed by atoms with E-state index in [-0.39, 0.29) is 0 Å². The third-order valence-electron chi connectivity index (χ3n) is 4.66. The number of aromatic nitrogens is 1. The molecule has 2 saturated heterocycles. The summed E-state index contributed by atoms with van der Waals surface area (Å²) in [5.74, 6) is 2.44. The Morgan fingerprint density at radius 2 is 2.26 bits per heavy atom. The van der Waals surface area contributed by atoms with E-state index in [0.717, 1.165) is 36.4 Å². The predicted molar refractivity (Wildman–Crippen MR) is 79.8 cm³/mol. The Bertz CT molecular complexity index is 437. The van der Waals surface area contributed by atoms with E-state index in [1.807, 2.05) is 12.3 Å². The highest BCUT2D eigenvalue weighted by Crippen LogP contribution is 2.32. The number of fused-ring (bicyclic) bond motifs is 1. The van der Waals surface area contributed by atoms with Crippen LogP contribution in [0, 0.1) is 5.92 Å². The summed E-state index contributed by atoms with van der Waals surface area (Å²) >= 11 is 6.04. The third kappa shape index (κ3) is 2.59. The summed E-state index contributed by atoms with van der Waals surface area (Å²) in [5.41, 5.74) is 1.16. The highest BCUT2D eigenvalue weighted by atomic mass is 35.5. The van der Waals surface area contributed by atoms with E-state index in [1.165, 1.54) is 25.8 Å². The minimum absolute atomic E-state index is 0.549. The molecule has 2 aliphatic rings. The first-order valence-electron chi connectivity index (χ1n) is 7.24. The van der Waals surface area contributed by atoms with E-state index in [2.05, 4.69) is 27.9 Å². The fourth-order valence-corrected chi connectivity index (χ4v) is 3.87. The molecule has 0 bridgehead atoms. The van der Waals surface area contributed by atoms with Crippen molar-refractivity contribution in [2.45, 2.75) is 31.2 Å². The zero-order valence-corrected chi connectivity index (χ0v) is 12.3. The van der Waals surface area contributed by atoms with Gasteiger partial charge in [-0.15, -0.1) is 11.6 Å². The molecule has 2 atom stereocenters. The monoisotopic (exact) mass is 279 g/mol. The minimum atomic E-state index is 0.549. The number of alkyl halides is 1. The number of piperidine rings is 2. The maximum atomic E-state index is 6.04. The molecule has 0 N–H and O–H groups in total. The zero-order chi connectivity index (χ0) is 13.2. The lowest BCUT2D eigenvalue weighted by atomic mass is 9.84. The van der Waals surface area contributed by atoms with Gasteiger partial charge in [-0.3, -0.25) is 0 Å². The summed E-state index contributed by atoms with van der Waals surface area (Å²) in [5, 5.41) is 0. The van der Waals surface area contributed by atoms with Crippen molar-refractivity contribution in [2.75, 3.05) is 31.6 Å². The average Bonchev–Trinajstić information content (AvgIpc) is 2.47. The van der Waals surface area contributed by atoms with Crippen LogP contribution in [-0.2, 0) is 5.88 Å². The van der Waals surface area contributed by atoms with Crippen LogP contribution in [0.2, 0.25) is 0 Å². The van der Waals surface area contributed by atoms with Gasteiger partial charge in [-0.2, -0.15) is 0 Å². The van der Waals surface area contributed by atoms with Crippen molar-refractivity contribution >= 4 is 17.4 Å². The van der Waals surface area contributed by atoms with Crippen LogP contribution in [0.25, 0.3) is 0 Å². The van der Waals surface area contributed by atoms with Crippen LogP contribution in [0.1, 0.15) is 24.8 Å². The molecule has 2 fully saturated rings. The van der Waals surface area contributed by atoms with Crippen LogP contribution < -0.4 is 4.90 Å². The van der Waals surface area contributed by atoms with Crippen molar-refractivity contribution < 1.29 is 0 Å². The minimum Gasteiger partial charge on any atom is -0.356 e. The van der Waals surface area contributed by atoms with Crippen LogP contribution in [0.4, 0.5) is 5.82 Å². The van der Waals surface area contributed by atoms with E-state index < -0.39 is 0 Å². The molecule has 3 heterocycles. The molecule has 104 valence electrons. The van der Waals surface area contributed by atoms with Gasteiger partial charge in [0.15, 0.2) is 0 Å². The number of halogens is 1. The van der Waals surface area contributed by atoms with Crippen molar-refractivity contribution in [3.05, 3.63) is 23.9 Å². The number of nitrogens with zero attached hydrogens (tertiary/aromatic N) is 3. The topological polar surface area (TPSA) is 19.4 Å². The Morgan fingerprint density at radius 3 is 3.11 bits per heavy atom. The third-order valence-corrected chi connectivity index (χ3v) is 4.94. The quantitative estimate of drug-likeness (QED) is 0.776. The van der Waals surface area contributed by atoms with Crippen molar-refractivity contribution in [3.8, 4) is 0 Å². The molecule has 3 rings (SSSR count). The first-order valence-corrected chi connectivity index (χ1v) is 7.78. The molecule has 0 spiro atoms. The number of hydrogen-bond acceptors (Lipinski definition) is 3. The van der Waals surface area contributed by atoms with Crippen molar-refractivity contribution in [3.63, 3.8) is 0 Å². The summed E-state index contributed by atoms with van der Waals surface area (Å²) in [6.07, 6.45) is 5.81. The van der Waals surface area contributed by atoms with Gasteiger partial charge >= 0.3 is 0 Å². The molecule has 19 heavy (non-hydrogen) atoms.